The van der Waals surface area contributed by atoms with Gasteiger partial charge in [-0.25, -0.2) is 0 Å². The zero-order valence-electron chi connectivity index (χ0n) is 5.91. The molecule has 0 bridgehead atoms. The summed E-state index contributed by atoms with van der Waals surface area (Å²) < 4.78 is 5.06. The number of aromatic nitrogens is 1. The van der Waals surface area contributed by atoms with E-state index in [2.05, 4.69) is 4.98 Å². The molecule has 1 fully saturated rings. The van der Waals surface area contributed by atoms with Crippen LogP contribution in [0.4, 0.5) is 6.01 Å². The molecular weight excluding hydrogens is 144 g/mol. The van der Waals surface area contributed by atoms with Gasteiger partial charge in [-0.2, -0.15) is 4.98 Å². The maximum absolute atomic E-state index is 10.4. The molecule has 1 saturated carbocycles. The van der Waals surface area contributed by atoms with E-state index in [1.807, 2.05) is 0 Å². The van der Waals surface area contributed by atoms with Crippen LogP contribution in [0.15, 0.2) is 4.42 Å². The molecule has 11 heavy (non-hydrogen) atoms. The molecule has 58 valence electrons. The predicted molar refractivity (Wildman–Crippen MR) is 38.3 cm³/mol. The second-order valence-corrected chi connectivity index (χ2v) is 2.69. The minimum atomic E-state index is 0.0917. The van der Waals surface area contributed by atoms with Gasteiger partial charge in [0.2, 0.25) is 0 Å². The third-order valence-electron chi connectivity index (χ3n) is 1.76. The highest BCUT2D eigenvalue weighted by Gasteiger charge is 2.30. The lowest BCUT2D eigenvalue weighted by Gasteiger charge is -1.86. The molecule has 2 N–H and O–H groups in total. The quantitative estimate of drug-likeness (QED) is 0.640. The van der Waals surface area contributed by atoms with Crippen molar-refractivity contribution in [2.75, 3.05) is 5.73 Å². The highest BCUT2D eigenvalue weighted by molar-refractivity contribution is 5.74. The molecular formula is C7H8N2O2. The molecule has 2 rings (SSSR count). The zero-order chi connectivity index (χ0) is 7.84. The summed E-state index contributed by atoms with van der Waals surface area (Å²) in [6.07, 6.45) is 2.85. The average molecular weight is 152 g/mol. The number of carbonyl (C=O) groups is 1. The van der Waals surface area contributed by atoms with E-state index in [-0.39, 0.29) is 6.01 Å². The molecule has 0 radical (unpaired) electrons. The average Bonchev–Trinajstić information content (AvgIpc) is 2.75. The first kappa shape index (κ1) is 6.39. The van der Waals surface area contributed by atoms with Crippen molar-refractivity contribution in [3.05, 3.63) is 11.5 Å². The fourth-order valence-electron chi connectivity index (χ4n) is 1.08. The number of aldehydes is 1. The Balaban J connectivity index is 2.41. The highest BCUT2D eigenvalue weighted by atomic mass is 16.4. The normalized spacial score (nSPS) is 16.7. The molecule has 1 heterocycles. The van der Waals surface area contributed by atoms with Gasteiger partial charge in [-0.1, -0.05) is 0 Å². The van der Waals surface area contributed by atoms with Crippen molar-refractivity contribution in [3.8, 4) is 0 Å². The third-order valence-corrected chi connectivity index (χ3v) is 1.76. The molecule has 1 aliphatic rings. The van der Waals surface area contributed by atoms with Crippen molar-refractivity contribution in [3.63, 3.8) is 0 Å². The first-order chi connectivity index (χ1) is 5.31. The summed E-state index contributed by atoms with van der Waals surface area (Å²) in [5, 5.41) is 0. The van der Waals surface area contributed by atoms with E-state index >= 15 is 0 Å². The van der Waals surface area contributed by atoms with Gasteiger partial charge < -0.3 is 10.2 Å². The van der Waals surface area contributed by atoms with Crippen molar-refractivity contribution >= 4 is 12.3 Å². The summed E-state index contributed by atoms with van der Waals surface area (Å²) >= 11 is 0. The van der Waals surface area contributed by atoms with Crippen LogP contribution in [0.5, 0.6) is 0 Å². The predicted octanol–water partition coefficient (Wildman–Crippen LogP) is 0.947. The number of nitrogens with two attached hydrogens (primary N) is 1. The third kappa shape index (κ3) is 1.00. The minimum absolute atomic E-state index is 0.0917. The molecule has 0 aromatic carbocycles. The Hall–Kier alpha value is -1.32. The van der Waals surface area contributed by atoms with Gasteiger partial charge >= 0.3 is 0 Å². The number of carbonyl (C=O) groups excluding carboxylic acids is 1. The Bertz CT molecular complexity index is 289. The number of anilines is 1. The van der Waals surface area contributed by atoms with E-state index < -0.39 is 0 Å². The van der Waals surface area contributed by atoms with Crippen LogP contribution in [0, 0.1) is 0 Å². The molecule has 0 atom stereocenters. The van der Waals surface area contributed by atoms with E-state index in [0.29, 0.717) is 23.7 Å². The van der Waals surface area contributed by atoms with Gasteiger partial charge in [-0.15, -0.1) is 0 Å². The van der Waals surface area contributed by atoms with E-state index in [1.54, 1.807) is 0 Å². The number of hydrogen-bond acceptors (Lipinski definition) is 4. The van der Waals surface area contributed by atoms with Crippen LogP contribution < -0.4 is 5.73 Å². The second kappa shape index (κ2) is 2.08. The fraction of sp³-hybridized carbons (Fsp3) is 0.429. The molecule has 1 aliphatic carbocycles. The summed E-state index contributed by atoms with van der Waals surface area (Å²) in [6, 6.07) is 0.0917. The molecule has 0 spiro atoms. The number of nitrogens with zero attached hydrogens (tertiary/aromatic N) is 1. The molecule has 0 aliphatic heterocycles. The largest absolute Gasteiger partial charge is 0.428 e. The van der Waals surface area contributed by atoms with E-state index in [1.165, 1.54) is 0 Å². The molecule has 1 aromatic rings. The Morgan fingerprint density at radius 2 is 2.36 bits per heavy atom. The lowest BCUT2D eigenvalue weighted by atomic mass is 10.3. The standard InChI is InChI=1S/C7H8N2O2/c8-7-9-5(3-10)6(11-7)4-1-2-4/h3-4H,1-2H2,(H2,8,9). The first-order valence-corrected chi connectivity index (χ1v) is 3.52. The van der Waals surface area contributed by atoms with E-state index in [0.717, 1.165) is 12.8 Å². The monoisotopic (exact) mass is 152 g/mol. The molecule has 0 amide bonds. The van der Waals surface area contributed by atoms with Gasteiger partial charge in [0.1, 0.15) is 11.5 Å². The van der Waals surface area contributed by atoms with Crippen LogP contribution in [0.1, 0.15) is 35.0 Å². The SMILES string of the molecule is Nc1nc(C=O)c(C2CC2)o1. The van der Waals surface area contributed by atoms with Gasteiger partial charge in [-0.05, 0) is 12.8 Å². The first-order valence-electron chi connectivity index (χ1n) is 3.52. The highest BCUT2D eigenvalue weighted by Crippen LogP contribution is 2.41. The molecule has 0 unspecified atom stereocenters. The Labute approximate surface area is 63.4 Å². The lowest BCUT2D eigenvalue weighted by Crippen LogP contribution is -1.86. The molecule has 1 aromatic heterocycles. The maximum Gasteiger partial charge on any atom is 0.292 e. The summed E-state index contributed by atoms with van der Waals surface area (Å²) in [5.41, 5.74) is 5.65. The van der Waals surface area contributed by atoms with Crippen molar-refractivity contribution < 1.29 is 9.21 Å². The van der Waals surface area contributed by atoms with Gasteiger partial charge in [-0.3, -0.25) is 4.79 Å². The van der Waals surface area contributed by atoms with Gasteiger partial charge in [0.15, 0.2) is 6.29 Å². The van der Waals surface area contributed by atoms with Crippen molar-refractivity contribution in [2.45, 2.75) is 18.8 Å². The second-order valence-electron chi connectivity index (χ2n) is 2.69. The minimum Gasteiger partial charge on any atom is -0.428 e. The Morgan fingerprint density at radius 3 is 2.91 bits per heavy atom. The van der Waals surface area contributed by atoms with Crippen LogP contribution in [0.2, 0.25) is 0 Å². The van der Waals surface area contributed by atoms with Crippen LogP contribution in [-0.4, -0.2) is 11.3 Å². The summed E-state index contributed by atoms with van der Waals surface area (Å²) in [5.74, 6) is 1.05. The van der Waals surface area contributed by atoms with Gasteiger partial charge in [0, 0.05) is 5.92 Å². The summed E-state index contributed by atoms with van der Waals surface area (Å²) in [6.45, 7) is 0. The molecule has 4 nitrogen and oxygen atoms in total. The number of oxazole rings is 1. The zero-order valence-corrected chi connectivity index (χ0v) is 5.91. The number of hydrogen-bond donors (Lipinski definition) is 1. The van der Waals surface area contributed by atoms with Crippen molar-refractivity contribution in [2.24, 2.45) is 0 Å². The van der Waals surface area contributed by atoms with Crippen LogP contribution in [0.25, 0.3) is 0 Å². The van der Waals surface area contributed by atoms with Crippen LogP contribution >= 0.6 is 0 Å². The van der Waals surface area contributed by atoms with Gasteiger partial charge in [0.05, 0.1) is 0 Å². The van der Waals surface area contributed by atoms with Gasteiger partial charge in [0.25, 0.3) is 6.01 Å². The topological polar surface area (TPSA) is 69.1 Å². The van der Waals surface area contributed by atoms with Crippen molar-refractivity contribution in [1.82, 2.24) is 4.98 Å². The van der Waals surface area contributed by atoms with E-state index in [9.17, 15) is 4.79 Å². The fourth-order valence-corrected chi connectivity index (χ4v) is 1.08. The van der Waals surface area contributed by atoms with E-state index in [4.69, 9.17) is 10.2 Å². The molecule has 0 saturated heterocycles. The number of nitrogen functional groups attached to an aromatic ring is 1. The van der Waals surface area contributed by atoms with Crippen LogP contribution in [0.3, 0.4) is 0 Å². The smallest absolute Gasteiger partial charge is 0.292 e. The summed E-state index contributed by atoms with van der Waals surface area (Å²) in [4.78, 5) is 14.1. The Morgan fingerprint density at radius 1 is 1.64 bits per heavy atom. The maximum atomic E-state index is 10.4. The van der Waals surface area contributed by atoms with Crippen LogP contribution in [-0.2, 0) is 0 Å². The van der Waals surface area contributed by atoms with Crippen molar-refractivity contribution in [1.29, 1.82) is 0 Å². The lowest BCUT2D eigenvalue weighted by molar-refractivity contribution is 0.111. The molecule has 4 heteroatoms. The summed E-state index contributed by atoms with van der Waals surface area (Å²) in [7, 11) is 0. The number of rotatable bonds is 2. The Kier molecular flexibility index (Phi) is 1.21.